The first-order chi connectivity index (χ1) is 6.24. The molecule has 0 saturated heterocycles. The minimum absolute atomic E-state index is 1.15. The van der Waals surface area contributed by atoms with Gasteiger partial charge in [-0.2, -0.15) is 0 Å². The zero-order valence-electron chi connectivity index (χ0n) is 10.3. The van der Waals surface area contributed by atoms with Gasteiger partial charge in [0.1, 0.15) is 0 Å². The van der Waals surface area contributed by atoms with Gasteiger partial charge in [0.05, 0.1) is 0 Å². The van der Waals surface area contributed by atoms with Crippen molar-refractivity contribution in [3.63, 3.8) is 0 Å². The van der Waals surface area contributed by atoms with Crippen molar-refractivity contribution in [1.29, 1.82) is 0 Å². The summed E-state index contributed by atoms with van der Waals surface area (Å²) in [6, 6.07) is 0. The molecule has 0 atom stereocenters. The van der Waals surface area contributed by atoms with E-state index >= 15 is 0 Å². The Morgan fingerprint density at radius 1 is 1.08 bits per heavy atom. The van der Waals surface area contributed by atoms with Gasteiger partial charge in [-0.15, -0.1) is 0 Å². The summed E-state index contributed by atoms with van der Waals surface area (Å²) in [5, 5.41) is 0. The lowest BCUT2D eigenvalue weighted by Crippen LogP contribution is -1.78. The molecule has 0 saturated carbocycles. The van der Waals surface area contributed by atoms with E-state index in [1.807, 2.05) is 27.7 Å². The van der Waals surface area contributed by atoms with Crippen LogP contribution in [0.15, 0.2) is 12.4 Å². The molecular formula is C12H25N. The highest BCUT2D eigenvalue weighted by atomic mass is 14.9. The van der Waals surface area contributed by atoms with Crippen molar-refractivity contribution in [1.82, 2.24) is 4.57 Å². The highest BCUT2D eigenvalue weighted by Crippen LogP contribution is 2.07. The summed E-state index contributed by atoms with van der Waals surface area (Å²) < 4.78 is 2.11. The molecule has 1 rings (SSSR count). The Labute approximate surface area is 83.8 Å². The first-order valence-electron chi connectivity index (χ1n) is 5.35. The molecule has 0 spiro atoms. The number of hydrogen-bond acceptors (Lipinski definition) is 0. The average Bonchev–Trinajstić information content (AvgIpc) is 2.51. The van der Waals surface area contributed by atoms with Crippen LogP contribution in [0.25, 0.3) is 0 Å². The van der Waals surface area contributed by atoms with E-state index in [4.69, 9.17) is 0 Å². The predicted octanol–water partition coefficient (Wildman–Crippen LogP) is 3.95. The van der Waals surface area contributed by atoms with Gasteiger partial charge in [0.2, 0.25) is 0 Å². The fraction of sp³-hybridized carbons (Fsp3) is 0.667. The second kappa shape index (κ2) is 9.37. The van der Waals surface area contributed by atoms with Crippen molar-refractivity contribution in [2.45, 2.75) is 48.0 Å². The van der Waals surface area contributed by atoms with Crippen molar-refractivity contribution in [3.8, 4) is 0 Å². The monoisotopic (exact) mass is 183 g/mol. The van der Waals surface area contributed by atoms with Crippen LogP contribution in [0.4, 0.5) is 0 Å². The molecule has 78 valence electrons. The molecular weight excluding hydrogens is 158 g/mol. The van der Waals surface area contributed by atoms with Gasteiger partial charge in [-0.1, -0.05) is 34.6 Å². The molecule has 1 aromatic heterocycles. The van der Waals surface area contributed by atoms with Gasteiger partial charge in [-0.05, 0) is 24.5 Å². The van der Waals surface area contributed by atoms with E-state index in [0.717, 1.165) is 6.42 Å². The summed E-state index contributed by atoms with van der Waals surface area (Å²) in [6.45, 7) is 12.3. The molecule has 0 fully saturated rings. The molecule has 0 unspecified atom stereocenters. The van der Waals surface area contributed by atoms with Crippen LogP contribution in [0.3, 0.4) is 0 Å². The van der Waals surface area contributed by atoms with E-state index < -0.39 is 0 Å². The van der Waals surface area contributed by atoms with Gasteiger partial charge < -0.3 is 4.57 Å². The van der Waals surface area contributed by atoms with Crippen LogP contribution in [0, 0.1) is 6.92 Å². The van der Waals surface area contributed by atoms with E-state index in [0.29, 0.717) is 0 Å². The quantitative estimate of drug-likeness (QED) is 0.621. The van der Waals surface area contributed by atoms with Crippen molar-refractivity contribution in [3.05, 3.63) is 23.5 Å². The number of nitrogens with zero attached hydrogens (tertiary/aromatic N) is 1. The summed E-state index contributed by atoms with van der Waals surface area (Å²) >= 11 is 0. The van der Waals surface area contributed by atoms with Gasteiger partial charge in [-0.25, -0.2) is 0 Å². The third-order valence-electron chi connectivity index (χ3n) is 1.64. The van der Waals surface area contributed by atoms with Crippen molar-refractivity contribution >= 4 is 0 Å². The molecule has 1 aromatic rings. The lowest BCUT2D eigenvalue weighted by Gasteiger charge is -1.87. The van der Waals surface area contributed by atoms with Crippen molar-refractivity contribution in [2.24, 2.45) is 7.05 Å². The van der Waals surface area contributed by atoms with Crippen LogP contribution in [0.5, 0.6) is 0 Å². The second-order valence-electron chi connectivity index (χ2n) is 2.49. The topological polar surface area (TPSA) is 4.93 Å². The molecule has 0 radical (unpaired) electrons. The highest BCUT2D eigenvalue weighted by Gasteiger charge is 1.95. The van der Waals surface area contributed by atoms with Gasteiger partial charge in [0.15, 0.2) is 0 Å². The third kappa shape index (κ3) is 5.51. The van der Waals surface area contributed by atoms with Crippen LogP contribution in [0.2, 0.25) is 0 Å². The Morgan fingerprint density at radius 3 is 1.69 bits per heavy atom. The van der Waals surface area contributed by atoms with Crippen molar-refractivity contribution < 1.29 is 0 Å². The summed E-state index contributed by atoms with van der Waals surface area (Å²) in [7, 11) is 2.06. The Bertz CT molecular complexity index is 199. The van der Waals surface area contributed by atoms with Gasteiger partial charge >= 0.3 is 0 Å². The van der Waals surface area contributed by atoms with Crippen LogP contribution in [-0.2, 0) is 13.5 Å². The van der Waals surface area contributed by atoms with E-state index in [-0.39, 0.29) is 0 Å². The van der Waals surface area contributed by atoms with Crippen LogP contribution < -0.4 is 0 Å². The maximum atomic E-state index is 2.18. The minimum Gasteiger partial charge on any atom is -0.357 e. The smallest absolute Gasteiger partial charge is 0.0106 e. The Morgan fingerprint density at radius 2 is 1.54 bits per heavy atom. The number of aryl methyl sites for hydroxylation is 3. The lowest BCUT2D eigenvalue weighted by atomic mass is 10.2. The maximum Gasteiger partial charge on any atom is 0.0106 e. The molecule has 0 aliphatic rings. The molecule has 13 heavy (non-hydrogen) atoms. The van der Waals surface area contributed by atoms with Gasteiger partial charge in [0, 0.05) is 19.4 Å². The van der Waals surface area contributed by atoms with Crippen LogP contribution >= 0.6 is 0 Å². The number of rotatable bonds is 1. The molecule has 1 heteroatoms. The highest BCUT2D eigenvalue weighted by molar-refractivity contribution is 5.21. The SMILES string of the molecule is CC.CC.CCc1cn(C)cc1C. The largest absolute Gasteiger partial charge is 0.357 e. The molecule has 0 N–H and O–H groups in total. The first-order valence-corrected chi connectivity index (χ1v) is 5.35. The Kier molecular flexibility index (Phi) is 10.7. The van der Waals surface area contributed by atoms with Gasteiger partial charge in [0.25, 0.3) is 0 Å². The molecule has 0 aliphatic heterocycles. The number of hydrogen-bond donors (Lipinski definition) is 0. The molecule has 0 bridgehead atoms. The van der Waals surface area contributed by atoms with Crippen molar-refractivity contribution in [2.75, 3.05) is 0 Å². The van der Waals surface area contributed by atoms with E-state index in [9.17, 15) is 0 Å². The fourth-order valence-corrected chi connectivity index (χ4v) is 1.14. The summed E-state index contributed by atoms with van der Waals surface area (Å²) in [6.07, 6.45) is 5.47. The maximum absolute atomic E-state index is 2.18. The molecule has 0 aliphatic carbocycles. The summed E-state index contributed by atoms with van der Waals surface area (Å²) in [5.74, 6) is 0. The minimum atomic E-state index is 1.15. The lowest BCUT2D eigenvalue weighted by molar-refractivity contribution is 0.918. The van der Waals surface area contributed by atoms with Gasteiger partial charge in [-0.3, -0.25) is 0 Å². The van der Waals surface area contributed by atoms with E-state index in [2.05, 4.69) is 37.9 Å². The first kappa shape index (κ1) is 14.8. The summed E-state index contributed by atoms with van der Waals surface area (Å²) in [5.41, 5.74) is 2.86. The third-order valence-corrected chi connectivity index (χ3v) is 1.64. The zero-order valence-corrected chi connectivity index (χ0v) is 10.3. The predicted molar refractivity (Wildman–Crippen MR) is 62.2 cm³/mol. The normalized spacial score (nSPS) is 7.92. The van der Waals surface area contributed by atoms with Crippen LogP contribution in [0.1, 0.15) is 45.7 Å². The molecule has 1 nitrogen and oxygen atoms in total. The zero-order chi connectivity index (χ0) is 10.9. The van der Waals surface area contributed by atoms with Crippen LogP contribution in [-0.4, -0.2) is 4.57 Å². The Balaban J connectivity index is 0. The van der Waals surface area contributed by atoms with E-state index in [1.165, 1.54) is 11.1 Å². The second-order valence-corrected chi connectivity index (χ2v) is 2.49. The standard InChI is InChI=1S/C8H13N.2C2H6/c1-4-8-6-9(3)5-7(8)2;2*1-2/h5-6H,4H2,1-3H3;2*1-2H3. The average molecular weight is 183 g/mol. The molecule has 0 aromatic carbocycles. The van der Waals surface area contributed by atoms with E-state index in [1.54, 1.807) is 0 Å². The number of aromatic nitrogens is 1. The fourth-order valence-electron chi connectivity index (χ4n) is 1.14. The molecule has 0 amide bonds. The Hall–Kier alpha value is -0.720. The molecule has 1 heterocycles. The summed E-state index contributed by atoms with van der Waals surface area (Å²) in [4.78, 5) is 0.